The van der Waals surface area contributed by atoms with Crippen LogP contribution < -0.4 is 16.0 Å². The molecule has 11 fully saturated rings. The summed E-state index contributed by atoms with van der Waals surface area (Å²) in [5.41, 5.74) is 11.1. The van der Waals surface area contributed by atoms with Crippen molar-refractivity contribution in [3.8, 4) is 33.5 Å². The normalized spacial score (nSPS) is 27.3. The fourth-order valence-corrected chi connectivity index (χ4v) is 24.4. The maximum atomic E-state index is 16.0. The summed E-state index contributed by atoms with van der Waals surface area (Å²) in [7, 11) is 3.93. The molecule has 27 heteroatoms. The number of nitrogens with one attached hydrogen (secondary N) is 7. The fraction of sp³-hybridized carbons (Fsp3) is 0.461. The Balaban J connectivity index is 0.000000152. The summed E-state index contributed by atoms with van der Waals surface area (Å²) in [5, 5.41) is 14.6. The van der Waals surface area contributed by atoms with Gasteiger partial charge in [-0.2, -0.15) is 0 Å². The van der Waals surface area contributed by atoms with Crippen molar-refractivity contribution in [3.63, 3.8) is 0 Å². The number of piperidine rings is 4. The number of hydrogen-bond acceptors (Lipinski definition) is 15. The lowest BCUT2D eigenvalue weighted by Crippen LogP contribution is -2.53. The van der Waals surface area contributed by atoms with Crippen molar-refractivity contribution in [2.45, 2.75) is 235 Å². The minimum atomic E-state index is -0.741. The molecule has 8 aromatic carbocycles. The average Bonchev–Trinajstić information content (AvgIpc) is 1.49. The Morgan fingerprint density at radius 2 is 0.899 bits per heavy atom. The zero-order valence-electron chi connectivity index (χ0n) is 74.3. The second kappa shape index (κ2) is 31.6. The largest absolute Gasteiger partial charge is 0.453 e. The van der Waals surface area contributed by atoms with Gasteiger partial charge in [-0.1, -0.05) is 145 Å². The van der Waals surface area contributed by atoms with Crippen molar-refractivity contribution in [1.82, 2.24) is 80.3 Å². The maximum absolute atomic E-state index is 16.0. The van der Waals surface area contributed by atoms with Crippen LogP contribution in [0, 0.1) is 46.7 Å². The standard InChI is InChI=1S/C55H58N8O4.C47H53FN8O6/c1-29(2)45(60-53(66)67-5)51(64)62-42-25-35(42)26-43(62)49-56-40-21-13-33-23-31(11-19-38(33)46(40)58-49)32-12-20-39-34(24-32)14-22-41-47(39)59-50(57-41)44-27-54(3)28-55(54,4)63(44)52(65)48(30-9-7-6-8-10-30)61-36-15-16-37(61)18-17-36;1-23(2)39(53-46(59)61-3)44(57)55-35-18-28(35)20-37(55)42-49-22-34(51-42)31-14-11-26(17-32(31)48)25-10-13-30-27(16-25)12-15-33-41(30)52-43(50-33)38-21-29-19-36(29)56(38)45(58)40(54-47(60)62-4)24-8-6-5-7-9-24/h6-14,19-24,29,35-37,42-45,48H,15-18,25-28H2,1-5H3,(H,56,58)(H,57,59)(H,60,66);10-17,22-24,28-29,35-40H,5-9,18-21H2,1-4H3,(H,49,51)(H,50,52)(H,53,59)(H,54,60)/t35-,36?,37?,42-,43+,44+,45+,48?,54+,55-;28-,29-,35-,36-,37+,38+,39+,40?/m11/s1. The number of fused-ring (bicyclic) bond motifs is 15. The number of aromatic nitrogens is 8. The van der Waals surface area contributed by atoms with Gasteiger partial charge in [0.2, 0.25) is 23.6 Å². The molecule has 26 nitrogen and oxygen atoms in total. The number of nitrogens with zero attached hydrogens (tertiary/aromatic N) is 9. The van der Waals surface area contributed by atoms with E-state index in [9.17, 15) is 28.8 Å². The molecule has 6 aliphatic heterocycles. The maximum Gasteiger partial charge on any atom is 0.407 e. The summed E-state index contributed by atoms with van der Waals surface area (Å²) in [4.78, 5) is 139. The molecule has 0 spiro atoms. The Morgan fingerprint density at radius 1 is 0.465 bits per heavy atom. The SMILES string of the molecule is COC(=O)NC(C(=O)N1[C@@H]2C[C@@H]2C[C@H]1c1nc2c(ccc3cc(-c4ccc(-c5cnc([C@@H]6C[C@H]7C[C@H]7N6C(=O)[C@@H](NC(=O)OC)C(C)C)[nH]5)c(F)c4)ccc32)[nH]1)C1CCCCC1.COC(=O)N[C@H](C(=O)N1[C@@H]2C[C@@H]2C[C@H]1c1nc2c(ccc3cc(-c4ccc5c(ccc6[nH]c([C@@H]7C[C@@]8(C)C[C@@]8(C)N7C(=O)C(c7ccccc7)N7C8CCC7CC8)nc65)c4)ccc32)[nH]1)C(C)C. The number of halogens is 1. The van der Waals surface area contributed by atoms with E-state index in [0.717, 1.165) is 189 Å². The summed E-state index contributed by atoms with van der Waals surface area (Å²) in [5.74, 6) is 3.58. The highest BCUT2D eigenvalue weighted by Crippen LogP contribution is 2.72. The third-order valence-corrected chi connectivity index (χ3v) is 31.7. The Bertz CT molecular complexity index is 6530. The van der Waals surface area contributed by atoms with Gasteiger partial charge in [0.1, 0.15) is 53.3 Å². The van der Waals surface area contributed by atoms with Crippen LogP contribution in [0.2, 0.25) is 0 Å². The van der Waals surface area contributed by atoms with E-state index >= 15 is 9.18 Å². The highest BCUT2D eigenvalue weighted by atomic mass is 19.1. The van der Waals surface area contributed by atoms with Crippen LogP contribution in [0.4, 0.5) is 18.8 Å². The monoisotopic (exact) mass is 1740 g/mol. The van der Waals surface area contributed by atoms with Gasteiger partial charge in [-0.15, -0.1) is 0 Å². The van der Waals surface area contributed by atoms with Crippen molar-refractivity contribution >= 4 is 107 Å². The van der Waals surface area contributed by atoms with Crippen molar-refractivity contribution in [3.05, 3.63) is 180 Å². The van der Waals surface area contributed by atoms with E-state index in [1.54, 1.807) is 12.3 Å². The Labute approximate surface area is 746 Å². The zero-order chi connectivity index (χ0) is 88.6. The first-order valence-corrected chi connectivity index (χ1v) is 46.7. The highest BCUT2D eigenvalue weighted by molar-refractivity contribution is 6.09. The van der Waals surface area contributed by atoms with Crippen LogP contribution in [-0.2, 0) is 33.4 Å². The van der Waals surface area contributed by atoms with Gasteiger partial charge in [0.05, 0.1) is 90.5 Å². The van der Waals surface area contributed by atoms with Gasteiger partial charge in [-0.25, -0.2) is 38.7 Å². The first kappa shape index (κ1) is 82.4. The number of likely N-dealkylation sites (tertiary alicyclic amines) is 4. The lowest BCUT2D eigenvalue weighted by Gasteiger charge is -2.39. The molecule has 666 valence electrons. The van der Waals surface area contributed by atoms with Crippen molar-refractivity contribution < 1.29 is 52.2 Å². The third-order valence-electron chi connectivity index (χ3n) is 31.7. The van der Waals surface area contributed by atoms with Gasteiger partial charge in [-0.3, -0.25) is 24.1 Å². The molecule has 5 saturated carbocycles. The van der Waals surface area contributed by atoms with Crippen molar-refractivity contribution in [1.29, 1.82) is 0 Å². The van der Waals surface area contributed by atoms with Crippen molar-refractivity contribution in [2.75, 3.05) is 21.3 Å². The first-order chi connectivity index (χ1) is 62.4. The van der Waals surface area contributed by atoms with Crippen LogP contribution >= 0.6 is 0 Å². The van der Waals surface area contributed by atoms with Crippen LogP contribution in [-0.4, -0.2) is 181 Å². The van der Waals surface area contributed by atoms with Gasteiger partial charge >= 0.3 is 18.3 Å². The van der Waals surface area contributed by atoms with E-state index in [2.05, 4.69) is 156 Å². The molecule has 7 N–H and O–H groups in total. The van der Waals surface area contributed by atoms with E-state index in [-0.39, 0.29) is 101 Å². The molecule has 16 atom stereocenters. The lowest BCUT2D eigenvalue weighted by molar-refractivity contribution is -0.143. The second-order valence-corrected chi connectivity index (χ2v) is 40.0. The minimum Gasteiger partial charge on any atom is -0.453 e. The van der Waals surface area contributed by atoms with Crippen LogP contribution in [0.25, 0.3) is 98.9 Å². The molecule has 2 unspecified atom stereocenters. The van der Waals surface area contributed by atoms with Crippen molar-refractivity contribution in [2.24, 2.45) is 40.9 Å². The molecular weight excluding hydrogens is 1630 g/mol. The second-order valence-electron chi connectivity index (χ2n) is 40.0. The highest BCUT2D eigenvalue weighted by Gasteiger charge is 2.73. The van der Waals surface area contributed by atoms with Crippen LogP contribution in [0.3, 0.4) is 0 Å². The van der Waals surface area contributed by atoms with Crippen LogP contribution in [0.15, 0.2) is 146 Å². The molecule has 7 amide bonds. The first-order valence-electron chi connectivity index (χ1n) is 46.7. The Hall–Kier alpha value is -12.3. The fourth-order valence-electron chi connectivity index (χ4n) is 24.4. The summed E-state index contributed by atoms with van der Waals surface area (Å²) >= 11 is 0. The number of carbonyl (C=O) groups excluding carboxylic acids is 7. The van der Waals surface area contributed by atoms with E-state index in [1.165, 1.54) is 53.1 Å². The van der Waals surface area contributed by atoms with Crippen LogP contribution in [0.1, 0.15) is 210 Å². The van der Waals surface area contributed by atoms with Gasteiger partial charge in [0, 0.05) is 57.5 Å². The number of carbonyl (C=O) groups is 7. The number of rotatable bonds is 19. The Kier molecular flexibility index (Phi) is 20.2. The lowest BCUT2D eigenvalue weighted by atomic mass is 9.83. The smallest absolute Gasteiger partial charge is 0.407 e. The summed E-state index contributed by atoms with van der Waals surface area (Å²) < 4.78 is 30.6. The number of methoxy groups -OCH3 is 3. The number of hydrogen-bond donors (Lipinski definition) is 7. The Morgan fingerprint density at radius 3 is 1.36 bits per heavy atom. The minimum absolute atomic E-state index is 0.0478. The van der Waals surface area contributed by atoms with E-state index in [4.69, 9.17) is 29.2 Å². The predicted molar refractivity (Wildman–Crippen MR) is 488 cm³/mol. The predicted octanol–water partition coefficient (Wildman–Crippen LogP) is 18.2. The van der Waals surface area contributed by atoms with E-state index in [0.29, 0.717) is 52.5 Å². The number of alkyl carbamates (subject to hydrolysis) is 3. The molecule has 2 bridgehead atoms. The van der Waals surface area contributed by atoms with Gasteiger partial charge in [-0.05, 0) is 230 Å². The molecule has 10 heterocycles. The quantitative estimate of drug-likeness (QED) is 0.0370. The van der Waals surface area contributed by atoms with Gasteiger partial charge < -0.3 is 69.7 Å². The molecule has 4 aromatic heterocycles. The number of amides is 7. The van der Waals surface area contributed by atoms with Gasteiger partial charge in [0.15, 0.2) is 0 Å². The molecule has 12 aromatic rings. The van der Waals surface area contributed by atoms with Gasteiger partial charge in [0.25, 0.3) is 0 Å². The third kappa shape index (κ3) is 14.1. The molecule has 5 aliphatic carbocycles. The number of H-pyrrole nitrogens is 4. The number of ether oxygens (including phenoxy) is 3. The number of aromatic amines is 4. The molecule has 23 rings (SSSR count). The van der Waals surface area contributed by atoms with Crippen LogP contribution in [0.5, 0.6) is 0 Å². The zero-order valence-corrected chi connectivity index (χ0v) is 74.3. The summed E-state index contributed by atoms with van der Waals surface area (Å²) in [6.07, 6.45) is 16.7. The van der Waals surface area contributed by atoms with E-state index < -0.39 is 42.2 Å². The molecular formula is C102H111FN16O10. The molecule has 129 heavy (non-hydrogen) atoms. The molecule has 6 saturated heterocycles. The number of imidazole rings is 4. The summed E-state index contributed by atoms with van der Waals surface area (Å²) in [6, 6.07) is 45.7. The molecule has 0 radical (unpaired) electrons. The van der Waals surface area contributed by atoms with E-state index in [1.807, 2.05) is 78.8 Å². The topological polar surface area (TPSA) is 314 Å². The number of benzene rings is 8. The average molecular weight is 1740 g/mol. The summed E-state index contributed by atoms with van der Waals surface area (Å²) in [6.45, 7) is 12.3. The molecule has 11 aliphatic rings.